The van der Waals surface area contributed by atoms with Crippen LogP contribution < -0.4 is 15.6 Å². The number of H-pyrrole nitrogens is 1. The van der Waals surface area contributed by atoms with Gasteiger partial charge >= 0.3 is 5.97 Å². The molecule has 0 aliphatic heterocycles. The van der Waals surface area contributed by atoms with Gasteiger partial charge in [0.1, 0.15) is 22.6 Å². The Hall–Kier alpha value is -3.81. The van der Waals surface area contributed by atoms with Crippen molar-refractivity contribution in [3.05, 3.63) is 69.0 Å². The Morgan fingerprint density at radius 1 is 1.09 bits per heavy atom. The zero-order chi connectivity index (χ0) is 24.0. The second kappa shape index (κ2) is 10.7. The van der Waals surface area contributed by atoms with E-state index in [0.29, 0.717) is 35.2 Å². The van der Waals surface area contributed by atoms with Gasteiger partial charge in [-0.15, -0.1) is 0 Å². The molecule has 8 nitrogen and oxygen atoms in total. The van der Waals surface area contributed by atoms with Crippen LogP contribution in [0.5, 0.6) is 11.5 Å². The predicted octanol–water partition coefficient (Wildman–Crippen LogP) is 3.78. The Morgan fingerprint density at radius 2 is 1.88 bits per heavy atom. The molecule has 3 aromatic rings. The normalized spacial score (nSPS) is 10.8. The number of hydrogen-bond acceptors (Lipinski definition) is 5. The van der Waals surface area contributed by atoms with Crippen molar-refractivity contribution in [2.75, 3.05) is 13.2 Å². The highest BCUT2D eigenvalue weighted by Crippen LogP contribution is 2.28. The van der Waals surface area contributed by atoms with E-state index in [0.717, 1.165) is 24.8 Å². The molecule has 1 heterocycles. The number of aromatic amines is 1. The van der Waals surface area contributed by atoms with Crippen LogP contribution in [0.1, 0.15) is 58.0 Å². The second-order valence-corrected chi connectivity index (χ2v) is 7.91. The fourth-order valence-corrected chi connectivity index (χ4v) is 3.56. The van der Waals surface area contributed by atoms with Gasteiger partial charge in [0.15, 0.2) is 0 Å². The first-order valence-electron chi connectivity index (χ1n) is 10.9. The van der Waals surface area contributed by atoms with Crippen molar-refractivity contribution < 1.29 is 24.5 Å². The molecule has 174 valence electrons. The van der Waals surface area contributed by atoms with Crippen molar-refractivity contribution in [2.24, 2.45) is 0 Å². The van der Waals surface area contributed by atoms with Crippen LogP contribution in [0.3, 0.4) is 0 Å². The summed E-state index contributed by atoms with van der Waals surface area (Å²) in [7, 11) is 0. The quantitative estimate of drug-likeness (QED) is 0.347. The summed E-state index contributed by atoms with van der Waals surface area (Å²) in [6, 6.07) is 9.52. The first kappa shape index (κ1) is 23.8. The summed E-state index contributed by atoms with van der Waals surface area (Å²) in [6.45, 7) is 4.80. The molecule has 8 heteroatoms. The zero-order valence-electron chi connectivity index (χ0n) is 18.7. The Bertz CT molecular complexity index is 1230. The third-order valence-corrected chi connectivity index (χ3v) is 5.40. The number of fused-ring (bicyclic) bond motifs is 1. The highest BCUT2D eigenvalue weighted by molar-refractivity contribution is 5.98. The fraction of sp³-hybridized carbons (Fsp3) is 0.320. The summed E-state index contributed by atoms with van der Waals surface area (Å²) in [4.78, 5) is 39.0. The Kier molecular flexibility index (Phi) is 7.71. The van der Waals surface area contributed by atoms with Crippen molar-refractivity contribution in [1.82, 2.24) is 10.3 Å². The van der Waals surface area contributed by atoms with E-state index < -0.39 is 17.4 Å². The molecule has 0 atom stereocenters. The minimum absolute atomic E-state index is 0.00708. The van der Waals surface area contributed by atoms with Gasteiger partial charge in [-0.05, 0) is 49.1 Å². The van der Waals surface area contributed by atoms with Crippen LogP contribution in [0, 0.1) is 6.92 Å². The Balaban J connectivity index is 1.71. The van der Waals surface area contributed by atoms with Crippen molar-refractivity contribution in [3.8, 4) is 11.5 Å². The molecular formula is C25H28N2O6. The van der Waals surface area contributed by atoms with Crippen LogP contribution in [0.25, 0.3) is 10.9 Å². The number of carboxylic acids is 1. The molecule has 0 unspecified atom stereocenters. The summed E-state index contributed by atoms with van der Waals surface area (Å²) in [6.07, 6.45) is 3.43. The Morgan fingerprint density at radius 3 is 2.58 bits per heavy atom. The number of pyridine rings is 1. The third kappa shape index (κ3) is 5.71. The molecule has 0 saturated carbocycles. The average molecular weight is 453 g/mol. The summed E-state index contributed by atoms with van der Waals surface area (Å²) in [5.74, 6) is -1.44. The maximum Gasteiger partial charge on any atom is 0.339 e. The van der Waals surface area contributed by atoms with Gasteiger partial charge in [-0.25, -0.2) is 4.79 Å². The van der Waals surface area contributed by atoms with Crippen molar-refractivity contribution in [2.45, 2.75) is 39.5 Å². The summed E-state index contributed by atoms with van der Waals surface area (Å²) in [5.41, 5.74) is 1.44. The second-order valence-electron chi connectivity index (χ2n) is 7.91. The first-order valence-corrected chi connectivity index (χ1v) is 10.9. The van der Waals surface area contributed by atoms with Crippen LogP contribution >= 0.6 is 0 Å². The number of unbranched alkanes of at least 4 members (excludes halogenated alkanes) is 2. The Labute approximate surface area is 191 Å². The number of hydrogen-bond donors (Lipinski definition) is 4. The maximum absolute atomic E-state index is 12.6. The molecule has 0 aliphatic rings. The number of aryl methyl sites for hydroxylation is 1. The van der Waals surface area contributed by atoms with Gasteiger partial charge in [-0.1, -0.05) is 38.0 Å². The van der Waals surface area contributed by atoms with E-state index in [9.17, 15) is 19.5 Å². The van der Waals surface area contributed by atoms with Crippen LogP contribution in [0.4, 0.5) is 0 Å². The molecule has 0 radical (unpaired) electrons. The number of ether oxygens (including phenoxy) is 1. The first-order chi connectivity index (χ1) is 15.8. The monoisotopic (exact) mass is 452 g/mol. The molecule has 0 spiro atoms. The molecule has 0 fully saturated rings. The minimum atomic E-state index is -1.22. The molecule has 33 heavy (non-hydrogen) atoms. The SMILES string of the molecule is CCCCCOc1c(C)ccc2cc(C(=O)NCCc3ccc(C(=O)O)c(O)c3)c(=O)[nH]c12. The zero-order valence-corrected chi connectivity index (χ0v) is 18.7. The van der Waals surface area contributed by atoms with Crippen molar-refractivity contribution >= 4 is 22.8 Å². The van der Waals surface area contributed by atoms with E-state index >= 15 is 0 Å². The van der Waals surface area contributed by atoms with Gasteiger partial charge in [0.25, 0.3) is 11.5 Å². The lowest BCUT2D eigenvalue weighted by Gasteiger charge is -2.13. The van der Waals surface area contributed by atoms with Crippen molar-refractivity contribution in [3.63, 3.8) is 0 Å². The smallest absolute Gasteiger partial charge is 0.339 e. The van der Waals surface area contributed by atoms with E-state index in [1.54, 1.807) is 12.1 Å². The number of amides is 1. The van der Waals surface area contributed by atoms with Gasteiger partial charge in [-0.2, -0.15) is 0 Å². The molecular weight excluding hydrogens is 424 g/mol. The highest BCUT2D eigenvalue weighted by atomic mass is 16.5. The van der Waals surface area contributed by atoms with Crippen LogP contribution in [-0.4, -0.2) is 40.2 Å². The number of nitrogens with one attached hydrogen (secondary N) is 2. The van der Waals surface area contributed by atoms with Crippen LogP contribution in [0.2, 0.25) is 0 Å². The maximum atomic E-state index is 12.6. The topological polar surface area (TPSA) is 129 Å². The van der Waals surface area contributed by atoms with E-state index in [-0.39, 0.29) is 23.4 Å². The molecule has 0 bridgehead atoms. The molecule has 3 rings (SSSR count). The number of aromatic nitrogens is 1. The number of aromatic carboxylic acids is 1. The molecule has 0 aliphatic carbocycles. The van der Waals surface area contributed by atoms with E-state index in [4.69, 9.17) is 9.84 Å². The minimum Gasteiger partial charge on any atom is -0.507 e. The van der Waals surface area contributed by atoms with Crippen LogP contribution in [-0.2, 0) is 6.42 Å². The lowest BCUT2D eigenvalue weighted by atomic mass is 10.1. The van der Waals surface area contributed by atoms with E-state index in [2.05, 4.69) is 17.2 Å². The molecule has 4 N–H and O–H groups in total. The van der Waals surface area contributed by atoms with Crippen molar-refractivity contribution in [1.29, 1.82) is 0 Å². The number of carbonyl (C=O) groups excluding carboxylic acids is 1. The molecule has 1 amide bonds. The third-order valence-electron chi connectivity index (χ3n) is 5.40. The van der Waals surface area contributed by atoms with Gasteiger partial charge in [-0.3, -0.25) is 9.59 Å². The standard InChI is InChI=1S/C25H28N2O6/c1-3-4-5-12-33-22-15(2)6-8-17-14-19(24(30)27-21(17)22)23(29)26-11-10-16-7-9-18(25(31)32)20(28)13-16/h6-9,13-14,28H,3-5,10-12H2,1-2H3,(H,26,29)(H,27,30)(H,31,32). The van der Waals surface area contributed by atoms with Gasteiger partial charge in [0, 0.05) is 11.9 Å². The van der Waals surface area contributed by atoms with Gasteiger partial charge in [0.05, 0.1) is 12.1 Å². The summed E-state index contributed by atoms with van der Waals surface area (Å²) < 4.78 is 5.93. The van der Waals surface area contributed by atoms with Crippen LogP contribution in [0.15, 0.2) is 41.2 Å². The van der Waals surface area contributed by atoms with E-state index in [1.807, 2.05) is 19.1 Å². The average Bonchev–Trinajstić information content (AvgIpc) is 2.77. The highest BCUT2D eigenvalue weighted by Gasteiger charge is 2.15. The number of rotatable bonds is 10. The van der Waals surface area contributed by atoms with Gasteiger partial charge in [0.2, 0.25) is 0 Å². The fourth-order valence-electron chi connectivity index (χ4n) is 3.56. The number of carboxylic acid groups (broad SMARTS) is 1. The largest absolute Gasteiger partial charge is 0.507 e. The molecule has 0 saturated heterocycles. The number of benzene rings is 2. The summed E-state index contributed by atoms with van der Waals surface area (Å²) in [5, 5.41) is 22.2. The lowest BCUT2D eigenvalue weighted by molar-refractivity contribution is 0.0693. The number of carbonyl (C=O) groups is 2. The van der Waals surface area contributed by atoms with Gasteiger partial charge < -0.3 is 25.3 Å². The van der Waals surface area contributed by atoms with E-state index in [1.165, 1.54) is 12.1 Å². The number of aromatic hydroxyl groups is 1. The molecule has 2 aromatic carbocycles. The predicted molar refractivity (Wildman–Crippen MR) is 125 cm³/mol. The number of phenols is 1. The molecule has 1 aromatic heterocycles. The lowest BCUT2D eigenvalue weighted by Crippen LogP contribution is -2.31. The summed E-state index contributed by atoms with van der Waals surface area (Å²) >= 11 is 0.